The average molecular weight is 334 g/mol. The number of hydrogen-bond acceptors (Lipinski definition) is 3. The molecule has 1 N–H and O–H groups in total. The molecule has 2 aromatic rings. The second-order valence-corrected chi connectivity index (χ2v) is 6.18. The van der Waals surface area contributed by atoms with Crippen molar-refractivity contribution in [1.82, 2.24) is 9.47 Å². The normalized spacial score (nSPS) is 12.7. The predicted octanol–water partition coefficient (Wildman–Crippen LogP) is 2.89. The highest BCUT2D eigenvalue weighted by Crippen LogP contribution is 2.12. The molecule has 1 aromatic carbocycles. The molecule has 0 saturated heterocycles. The molecule has 0 amide bonds. The molecule has 2 rings (SSSR count). The number of rotatable bonds is 10. The van der Waals surface area contributed by atoms with Crippen LogP contribution in [-0.4, -0.2) is 47.5 Å². The van der Waals surface area contributed by atoms with E-state index >= 15 is 0 Å². The quantitative estimate of drug-likeness (QED) is 0.679. The van der Waals surface area contributed by atoms with E-state index < -0.39 is 0 Å². The molecule has 0 saturated carbocycles. The summed E-state index contributed by atoms with van der Waals surface area (Å²) in [5.74, 6) is -0.215. The van der Waals surface area contributed by atoms with Gasteiger partial charge >= 0.3 is 0 Å². The molecule has 0 radical (unpaired) electrons. The first kappa shape index (κ1) is 18.6. The third-order valence-corrected chi connectivity index (χ3v) is 3.92. The molecule has 5 heteroatoms. The van der Waals surface area contributed by atoms with Gasteiger partial charge in [-0.15, -0.1) is 0 Å². The van der Waals surface area contributed by atoms with Crippen molar-refractivity contribution >= 4 is 0 Å². The van der Waals surface area contributed by atoms with Gasteiger partial charge in [0.15, 0.2) is 0 Å². The molecule has 1 atom stereocenters. The Morgan fingerprint density at radius 1 is 1.25 bits per heavy atom. The highest BCUT2D eigenvalue weighted by molar-refractivity contribution is 5.18. The fourth-order valence-electron chi connectivity index (χ4n) is 2.80. The number of nitrogens with zero attached hydrogens (tertiary/aromatic N) is 2. The molecular weight excluding hydrogens is 307 g/mol. The van der Waals surface area contributed by atoms with Crippen LogP contribution in [0.2, 0.25) is 0 Å². The molecule has 0 spiro atoms. The van der Waals surface area contributed by atoms with E-state index in [4.69, 9.17) is 4.74 Å². The summed E-state index contributed by atoms with van der Waals surface area (Å²) < 4.78 is 20.3. The van der Waals surface area contributed by atoms with E-state index in [-0.39, 0.29) is 11.9 Å². The predicted molar refractivity (Wildman–Crippen MR) is 93.4 cm³/mol. The SMILES string of the molecule is COCCCN(Cc1cccn1Cc1ccc(F)cc1)CC(C)O. The topological polar surface area (TPSA) is 37.6 Å². The Morgan fingerprint density at radius 3 is 2.67 bits per heavy atom. The highest BCUT2D eigenvalue weighted by Gasteiger charge is 2.11. The minimum Gasteiger partial charge on any atom is -0.392 e. The van der Waals surface area contributed by atoms with Crippen LogP contribution in [0.15, 0.2) is 42.6 Å². The lowest BCUT2D eigenvalue weighted by molar-refractivity contribution is 0.109. The zero-order chi connectivity index (χ0) is 17.4. The van der Waals surface area contributed by atoms with Crippen LogP contribution >= 0.6 is 0 Å². The Morgan fingerprint density at radius 2 is 2.00 bits per heavy atom. The maximum absolute atomic E-state index is 13.0. The molecule has 0 aliphatic carbocycles. The van der Waals surface area contributed by atoms with Gasteiger partial charge in [0, 0.05) is 51.8 Å². The van der Waals surface area contributed by atoms with Gasteiger partial charge in [-0.1, -0.05) is 12.1 Å². The smallest absolute Gasteiger partial charge is 0.123 e. The molecule has 0 aliphatic heterocycles. The Balaban J connectivity index is 2.01. The summed E-state index contributed by atoms with van der Waals surface area (Å²) in [7, 11) is 1.70. The summed E-state index contributed by atoms with van der Waals surface area (Å²) in [6.45, 7) is 5.51. The van der Waals surface area contributed by atoms with Crippen molar-refractivity contribution in [2.45, 2.75) is 32.5 Å². The lowest BCUT2D eigenvalue weighted by Gasteiger charge is -2.24. The monoisotopic (exact) mass is 334 g/mol. The molecular formula is C19H27FN2O2. The summed E-state index contributed by atoms with van der Waals surface area (Å²) in [5, 5.41) is 9.72. The van der Waals surface area contributed by atoms with Crippen LogP contribution in [0.25, 0.3) is 0 Å². The van der Waals surface area contributed by atoms with E-state index in [0.717, 1.165) is 25.1 Å². The zero-order valence-electron chi connectivity index (χ0n) is 14.5. The summed E-state index contributed by atoms with van der Waals surface area (Å²) in [5.41, 5.74) is 2.24. The van der Waals surface area contributed by atoms with Gasteiger partial charge in [-0.25, -0.2) is 4.39 Å². The number of benzene rings is 1. The fraction of sp³-hybridized carbons (Fsp3) is 0.474. The van der Waals surface area contributed by atoms with Gasteiger partial charge in [-0.05, 0) is 43.2 Å². The third-order valence-electron chi connectivity index (χ3n) is 3.92. The fourth-order valence-corrected chi connectivity index (χ4v) is 2.80. The van der Waals surface area contributed by atoms with Gasteiger partial charge < -0.3 is 14.4 Å². The molecule has 1 aromatic heterocycles. The number of aliphatic hydroxyl groups is 1. The summed E-state index contributed by atoms with van der Waals surface area (Å²) in [6, 6.07) is 10.7. The maximum atomic E-state index is 13.0. The minimum absolute atomic E-state index is 0.215. The van der Waals surface area contributed by atoms with Crippen molar-refractivity contribution in [3.8, 4) is 0 Å². The van der Waals surface area contributed by atoms with E-state index in [1.807, 2.05) is 24.4 Å². The molecule has 4 nitrogen and oxygen atoms in total. The summed E-state index contributed by atoms with van der Waals surface area (Å²) in [4.78, 5) is 2.24. The Bertz CT molecular complexity index is 596. The van der Waals surface area contributed by atoms with Crippen molar-refractivity contribution in [2.75, 3.05) is 26.8 Å². The number of methoxy groups -OCH3 is 1. The van der Waals surface area contributed by atoms with Crippen molar-refractivity contribution in [2.24, 2.45) is 0 Å². The minimum atomic E-state index is -0.368. The van der Waals surface area contributed by atoms with Crippen LogP contribution in [0.4, 0.5) is 4.39 Å². The summed E-state index contributed by atoms with van der Waals surface area (Å²) in [6.07, 6.45) is 2.60. The number of aromatic nitrogens is 1. The zero-order valence-corrected chi connectivity index (χ0v) is 14.5. The molecule has 1 heterocycles. The van der Waals surface area contributed by atoms with E-state index in [1.165, 1.54) is 17.8 Å². The Hall–Kier alpha value is -1.69. The number of ether oxygens (including phenoxy) is 1. The van der Waals surface area contributed by atoms with Crippen molar-refractivity contribution in [3.05, 3.63) is 59.7 Å². The van der Waals surface area contributed by atoms with Crippen LogP contribution in [0.1, 0.15) is 24.6 Å². The standard InChI is InChI=1S/C19H27FN2O2/c1-16(23)13-21(10-4-12-24-2)15-19-5-3-11-22(19)14-17-6-8-18(20)9-7-17/h3,5-9,11,16,23H,4,10,12-15H2,1-2H3. The lowest BCUT2D eigenvalue weighted by Crippen LogP contribution is -2.32. The number of hydrogen-bond donors (Lipinski definition) is 1. The van der Waals surface area contributed by atoms with Crippen LogP contribution < -0.4 is 0 Å². The molecule has 0 bridgehead atoms. The van der Waals surface area contributed by atoms with Gasteiger partial charge in [-0.3, -0.25) is 4.90 Å². The first-order valence-electron chi connectivity index (χ1n) is 8.36. The second kappa shape index (κ2) is 9.57. The molecule has 24 heavy (non-hydrogen) atoms. The Labute approximate surface area is 143 Å². The third kappa shape index (κ3) is 6.07. The maximum Gasteiger partial charge on any atom is 0.123 e. The van der Waals surface area contributed by atoms with E-state index in [9.17, 15) is 9.50 Å². The van der Waals surface area contributed by atoms with Crippen molar-refractivity contribution in [3.63, 3.8) is 0 Å². The van der Waals surface area contributed by atoms with Crippen LogP contribution in [0, 0.1) is 5.82 Å². The van der Waals surface area contributed by atoms with Gasteiger partial charge in [0.1, 0.15) is 5.82 Å². The van der Waals surface area contributed by atoms with E-state index in [1.54, 1.807) is 14.0 Å². The first-order chi connectivity index (χ1) is 11.6. The first-order valence-corrected chi connectivity index (χ1v) is 8.36. The van der Waals surface area contributed by atoms with Crippen molar-refractivity contribution < 1.29 is 14.2 Å². The lowest BCUT2D eigenvalue weighted by atomic mass is 10.2. The number of halogens is 1. The average Bonchev–Trinajstić information content (AvgIpc) is 2.96. The van der Waals surface area contributed by atoms with Crippen LogP contribution in [0.5, 0.6) is 0 Å². The van der Waals surface area contributed by atoms with Crippen molar-refractivity contribution in [1.29, 1.82) is 0 Å². The largest absolute Gasteiger partial charge is 0.392 e. The molecule has 0 fully saturated rings. The number of aliphatic hydroxyl groups excluding tert-OH is 1. The molecule has 1 unspecified atom stereocenters. The molecule has 0 aliphatic rings. The van der Waals surface area contributed by atoms with Crippen LogP contribution in [0.3, 0.4) is 0 Å². The molecule has 132 valence electrons. The van der Waals surface area contributed by atoms with Gasteiger partial charge in [0.25, 0.3) is 0 Å². The van der Waals surface area contributed by atoms with Crippen LogP contribution in [-0.2, 0) is 17.8 Å². The van der Waals surface area contributed by atoms with E-state index in [0.29, 0.717) is 19.7 Å². The van der Waals surface area contributed by atoms with Gasteiger partial charge in [-0.2, -0.15) is 0 Å². The Kier molecular flexibility index (Phi) is 7.43. The van der Waals surface area contributed by atoms with Gasteiger partial charge in [0.05, 0.1) is 6.10 Å². The van der Waals surface area contributed by atoms with E-state index in [2.05, 4.69) is 15.5 Å². The highest BCUT2D eigenvalue weighted by atomic mass is 19.1. The van der Waals surface area contributed by atoms with Gasteiger partial charge in [0.2, 0.25) is 0 Å². The second-order valence-electron chi connectivity index (χ2n) is 6.18. The summed E-state index contributed by atoms with van der Waals surface area (Å²) >= 11 is 0.